The number of piperidine rings is 1. The van der Waals surface area contributed by atoms with E-state index < -0.39 is 0 Å². The van der Waals surface area contributed by atoms with Crippen LogP contribution in [-0.4, -0.2) is 65.1 Å². The molecule has 0 N–H and O–H groups in total. The molecule has 0 radical (unpaired) electrons. The van der Waals surface area contributed by atoms with Crippen LogP contribution in [0.25, 0.3) is 0 Å². The standard InChI is InChI=1S/C17H25N7/c1-22(2)17-20-7-6-16(21-17)23(3)15-5-4-10-24(13-15)12-14-11-18-8-9-19-14/h6-9,11,15H,4-5,10,12-13H2,1-3H3. The van der Waals surface area contributed by atoms with Gasteiger partial charge in [0.1, 0.15) is 5.82 Å². The molecule has 1 atom stereocenters. The van der Waals surface area contributed by atoms with E-state index in [-0.39, 0.29) is 0 Å². The van der Waals surface area contributed by atoms with Crippen LogP contribution in [0.1, 0.15) is 18.5 Å². The van der Waals surface area contributed by atoms with Crippen molar-refractivity contribution < 1.29 is 0 Å². The van der Waals surface area contributed by atoms with Gasteiger partial charge in [-0.25, -0.2) is 4.98 Å². The van der Waals surface area contributed by atoms with Crippen molar-refractivity contribution in [3.8, 4) is 0 Å². The first-order valence-corrected chi connectivity index (χ1v) is 8.34. The molecule has 0 amide bonds. The van der Waals surface area contributed by atoms with Crippen molar-refractivity contribution in [3.05, 3.63) is 36.5 Å². The molecule has 1 aliphatic rings. The maximum Gasteiger partial charge on any atom is 0.226 e. The lowest BCUT2D eigenvalue weighted by Crippen LogP contribution is -2.46. The molecule has 3 rings (SSSR count). The number of rotatable bonds is 5. The van der Waals surface area contributed by atoms with Crippen LogP contribution < -0.4 is 9.80 Å². The monoisotopic (exact) mass is 327 g/mol. The van der Waals surface area contributed by atoms with Gasteiger partial charge >= 0.3 is 0 Å². The van der Waals surface area contributed by atoms with Crippen LogP contribution >= 0.6 is 0 Å². The molecule has 24 heavy (non-hydrogen) atoms. The van der Waals surface area contributed by atoms with Gasteiger partial charge in [-0.15, -0.1) is 0 Å². The minimum absolute atomic E-state index is 0.445. The Bertz CT molecular complexity index is 646. The van der Waals surface area contributed by atoms with Gasteiger partial charge in [-0.1, -0.05) is 0 Å². The van der Waals surface area contributed by atoms with Crippen LogP contribution in [0.5, 0.6) is 0 Å². The molecule has 128 valence electrons. The zero-order valence-electron chi connectivity index (χ0n) is 14.6. The first kappa shape index (κ1) is 16.6. The van der Waals surface area contributed by atoms with Crippen molar-refractivity contribution in [3.63, 3.8) is 0 Å². The van der Waals surface area contributed by atoms with E-state index in [1.165, 1.54) is 12.8 Å². The fraction of sp³-hybridized carbons (Fsp3) is 0.529. The summed E-state index contributed by atoms with van der Waals surface area (Å²) in [4.78, 5) is 24.2. The smallest absolute Gasteiger partial charge is 0.226 e. The van der Waals surface area contributed by atoms with E-state index in [9.17, 15) is 0 Å². The molecule has 3 heterocycles. The highest BCUT2D eigenvalue weighted by atomic mass is 15.3. The molecule has 0 saturated carbocycles. The average Bonchev–Trinajstić information content (AvgIpc) is 2.62. The lowest BCUT2D eigenvalue weighted by Gasteiger charge is -2.38. The SMILES string of the molecule is CN(C)c1nccc(N(C)C2CCCN(Cc3cnccn3)C2)n1. The highest BCUT2D eigenvalue weighted by Gasteiger charge is 2.24. The molecule has 1 fully saturated rings. The van der Waals surface area contributed by atoms with Crippen molar-refractivity contribution in [2.75, 3.05) is 44.0 Å². The molecule has 2 aromatic heterocycles. The summed E-state index contributed by atoms with van der Waals surface area (Å²) in [6.07, 6.45) is 9.51. The Morgan fingerprint density at radius 3 is 2.79 bits per heavy atom. The van der Waals surface area contributed by atoms with E-state index in [4.69, 9.17) is 0 Å². The molecule has 0 spiro atoms. The molecule has 0 aromatic carbocycles. The van der Waals surface area contributed by atoms with Crippen molar-refractivity contribution in [2.45, 2.75) is 25.4 Å². The quantitative estimate of drug-likeness (QED) is 0.823. The van der Waals surface area contributed by atoms with E-state index in [0.717, 1.165) is 37.1 Å². The first-order chi connectivity index (χ1) is 11.6. The summed E-state index contributed by atoms with van der Waals surface area (Å²) in [6.45, 7) is 2.97. The summed E-state index contributed by atoms with van der Waals surface area (Å²) in [6, 6.07) is 2.43. The number of likely N-dealkylation sites (tertiary alicyclic amines) is 1. The number of aromatic nitrogens is 4. The molecule has 1 saturated heterocycles. The zero-order valence-corrected chi connectivity index (χ0v) is 14.6. The largest absolute Gasteiger partial charge is 0.355 e. The van der Waals surface area contributed by atoms with Crippen molar-refractivity contribution in [1.82, 2.24) is 24.8 Å². The number of hydrogen-bond acceptors (Lipinski definition) is 7. The Labute approximate surface area is 143 Å². The third-order valence-corrected chi connectivity index (χ3v) is 4.42. The normalized spacial score (nSPS) is 18.4. The zero-order chi connectivity index (χ0) is 16.9. The van der Waals surface area contributed by atoms with Crippen LogP contribution in [0.2, 0.25) is 0 Å². The minimum Gasteiger partial charge on any atom is -0.355 e. The van der Waals surface area contributed by atoms with Gasteiger partial charge in [0.2, 0.25) is 5.95 Å². The Kier molecular flexibility index (Phi) is 5.20. The van der Waals surface area contributed by atoms with E-state index in [2.05, 4.69) is 36.8 Å². The van der Waals surface area contributed by atoms with Gasteiger partial charge in [-0.05, 0) is 25.5 Å². The van der Waals surface area contributed by atoms with Gasteiger partial charge in [-0.3, -0.25) is 14.9 Å². The maximum absolute atomic E-state index is 4.66. The second-order valence-corrected chi connectivity index (χ2v) is 6.45. The van der Waals surface area contributed by atoms with Crippen molar-refractivity contribution in [2.24, 2.45) is 0 Å². The highest BCUT2D eigenvalue weighted by molar-refractivity contribution is 5.43. The van der Waals surface area contributed by atoms with Gasteiger partial charge in [0, 0.05) is 65.1 Å². The summed E-state index contributed by atoms with van der Waals surface area (Å²) in [5.41, 5.74) is 1.03. The molecule has 1 aliphatic heterocycles. The number of nitrogens with zero attached hydrogens (tertiary/aromatic N) is 7. The molecular weight excluding hydrogens is 302 g/mol. The number of anilines is 2. The third-order valence-electron chi connectivity index (χ3n) is 4.42. The van der Waals surface area contributed by atoms with Gasteiger partial charge in [0.15, 0.2) is 0 Å². The summed E-state index contributed by atoms with van der Waals surface area (Å²) in [5.74, 6) is 1.71. The van der Waals surface area contributed by atoms with Crippen molar-refractivity contribution in [1.29, 1.82) is 0 Å². The molecule has 0 aliphatic carbocycles. The van der Waals surface area contributed by atoms with Crippen LogP contribution in [0.4, 0.5) is 11.8 Å². The summed E-state index contributed by atoms with van der Waals surface area (Å²) >= 11 is 0. The predicted octanol–water partition coefficient (Wildman–Crippen LogP) is 1.43. The van der Waals surface area contributed by atoms with Crippen LogP contribution in [0, 0.1) is 0 Å². The molecule has 7 heteroatoms. The second-order valence-electron chi connectivity index (χ2n) is 6.45. The molecule has 0 bridgehead atoms. The van der Waals surface area contributed by atoms with Crippen LogP contribution in [-0.2, 0) is 6.54 Å². The summed E-state index contributed by atoms with van der Waals surface area (Å²) in [7, 11) is 6.04. The first-order valence-electron chi connectivity index (χ1n) is 8.34. The van der Waals surface area contributed by atoms with Gasteiger partial charge < -0.3 is 9.80 Å². The number of likely N-dealkylation sites (N-methyl/N-ethyl adjacent to an activating group) is 1. The Morgan fingerprint density at radius 2 is 2.04 bits per heavy atom. The van der Waals surface area contributed by atoms with E-state index in [1.54, 1.807) is 12.4 Å². The minimum atomic E-state index is 0.445. The molecule has 7 nitrogen and oxygen atoms in total. The predicted molar refractivity (Wildman–Crippen MR) is 95.1 cm³/mol. The topological polar surface area (TPSA) is 61.3 Å². The van der Waals surface area contributed by atoms with E-state index in [1.807, 2.05) is 37.5 Å². The van der Waals surface area contributed by atoms with Gasteiger partial charge in [0.25, 0.3) is 0 Å². The second kappa shape index (κ2) is 7.53. The van der Waals surface area contributed by atoms with Crippen molar-refractivity contribution >= 4 is 11.8 Å². The lowest BCUT2D eigenvalue weighted by molar-refractivity contribution is 0.196. The van der Waals surface area contributed by atoms with E-state index >= 15 is 0 Å². The summed E-state index contributed by atoms with van der Waals surface area (Å²) < 4.78 is 0. The molecule has 1 unspecified atom stereocenters. The third kappa shape index (κ3) is 3.97. The average molecular weight is 327 g/mol. The lowest BCUT2D eigenvalue weighted by atomic mass is 10.0. The van der Waals surface area contributed by atoms with Crippen LogP contribution in [0.3, 0.4) is 0 Å². The Hall–Kier alpha value is -2.28. The fourth-order valence-corrected chi connectivity index (χ4v) is 3.07. The number of hydrogen-bond donors (Lipinski definition) is 0. The maximum atomic E-state index is 4.66. The summed E-state index contributed by atoms with van der Waals surface area (Å²) in [5, 5.41) is 0. The van der Waals surface area contributed by atoms with E-state index in [0.29, 0.717) is 6.04 Å². The Morgan fingerprint density at radius 1 is 1.17 bits per heavy atom. The highest BCUT2D eigenvalue weighted by Crippen LogP contribution is 2.21. The molecular formula is C17H25N7. The Balaban J connectivity index is 1.66. The molecule has 2 aromatic rings. The van der Waals surface area contributed by atoms with Gasteiger partial charge in [0.05, 0.1) is 5.69 Å². The van der Waals surface area contributed by atoms with Crippen LogP contribution in [0.15, 0.2) is 30.9 Å². The van der Waals surface area contributed by atoms with Gasteiger partial charge in [-0.2, -0.15) is 4.98 Å². The fourth-order valence-electron chi connectivity index (χ4n) is 3.07.